The van der Waals surface area contributed by atoms with Crippen molar-refractivity contribution in [2.75, 3.05) is 0 Å². The summed E-state index contributed by atoms with van der Waals surface area (Å²) >= 11 is 0. The molecule has 2 fully saturated rings. The largest absolute Gasteiger partial charge is 0.387 e. The van der Waals surface area contributed by atoms with Crippen LogP contribution in [0.5, 0.6) is 0 Å². The molecule has 0 aromatic heterocycles. The second kappa shape index (κ2) is 2.75. The molecule has 1 atom stereocenters. The van der Waals surface area contributed by atoms with Crippen molar-refractivity contribution in [2.45, 2.75) is 44.9 Å². The first-order valence-electron chi connectivity index (χ1n) is 5.08. The van der Waals surface area contributed by atoms with Crippen molar-refractivity contribution in [1.82, 2.24) is 0 Å². The van der Waals surface area contributed by atoms with Gasteiger partial charge in [-0.1, -0.05) is 19.3 Å². The Balaban J connectivity index is 2.11. The maximum Gasteiger partial charge on any atom is 0.0942 e. The van der Waals surface area contributed by atoms with E-state index in [1.54, 1.807) is 0 Å². The number of nitrogens with one attached hydrogen (secondary N) is 1. The van der Waals surface area contributed by atoms with Gasteiger partial charge in [0.15, 0.2) is 0 Å². The van der Waals surface area contributed by atoms with Crippen LogP contribution in [0.3, 0.4) is 0 Å². The van der Waals surface area contributed by atoms with Crippen molar-refractivity contribution >= 4 is 5.84 Å². The fraction of sp³-hybridized carbons (Fsp3) is 0.900. The molecule has 0 aromatic rings. The first-order chi connectivity index (χ1) is 5.75. The summed E-state index contributed by atoms with van der Waals surface area (Å²) in [4.78, 5) is 0. The number of hydrogen-bond acceptors (Lipinski definition) is 1. The third-order valence-corrected chi connectivity index (χ3v) is 3.67. The zero-order valence-electron chi connectivity index (χ0n) is 7.60. The minimum atomic E-state index is 0.431. The van der Waals surface area contributed by atoms with E-state index in [2.05, 4.69) is 0 Å². The van der Waals surface area contributed by atoms with E-state index in [-0.39, 0.29) is 0 Å². The van der Waals surface area contributed by atoms with E-state index in [1.807, 2.05) is 0 Å². The molecule has 68 valence electrons. The number of hydrogen-bond donors (Lipinski definition) is 2. The van der Waals surface area contributed by atoms with Gasteiger partial charge in [-0.15, -0.1) is 0 Å². The molecule has 2 aliphatic rings. The van der Waals surface area contributed by atoms with Gasteiger partial charge in [0.2, 0.25) is 0 Å². The van der Waals surface area contributed by atoms with Crippen molar-refractivity contribution < 1.29 is 0 Å². The monoisotopic (exact) mass is 166 g/mol. The van der Waals surface area contributed by atoms with Gasteiger partial charge in [-0.3, -0.25) is 5.41 Å². The van der Waals surface area contributed by atoms with Gasteiger partial charge in [0.05, 0.1) is 5.84 Å². The quantitative estimate of drug-likeness (QED) is 0.455. The van der Waals surface area contributed by atoms with Gasteiger partial charge in [0.25, 0.3) is 0 Å². The van der Waals surface area contributed by atoms with E-state index in [9.17, 15) is 0 Å². The van der Waals surface area contributed by atoms with Crippen LogP contribution in [0.25, 0.3) is 0 Å². The lowest BCUT2D eigenvalue weighted by Crippen LogP contribution is -2.29. The minimum Gasteiger partial charge on any atom is -0.387 e. The summed E-state index contributed by atoms with van der Waals surface area (Å²) in [6.07, 6.45) is 9.17. The minimum absolute atomic E-state index is 0.431. The lowest BCUT2D eigenvalue weighted by molar-refractivity contribution is 0.366. The number of rotatable bonds is 1. The van der Waals surface area contributed by atoms with Crippen LogP contribution < -0.4 is 5.73 Å². The highest BCUT2D eigenvalue weighted by atomic mass is 14.8. The Morgan fingerprint density at radius 1 is 1.17 bits per heavy atom. The third kappa shape index (κ3) is 1.23. The molecule has 0 aromatic carbocycles. The maximum atomic E-state index is 7.56. The molecule has 0 heterocycles. The van der Waals surface area contributed by atoms with E-state index in [0.29, 0.717) is 17.2 Å². The Labute approximate surface area is 74.0 Å². The fourth-order valence-corrected chi connectivity index (χ4v) is 2.73. The predicted molar refractivity (Wildman–Crippen MR) is 50.2 cm³/mol. The van der Waals surface area contributed by atoms with E-state index < -0.39 is 0 Å². The summed E-state index contributed by atoms with van der Waals surface area (Å²) in [7, 11) is 0. The standard InChI is InChI=1S/C10H18N2/c11-9(12)8-4-2-1-3-5-10(8)6-7-10/h8H,1-7H2,(H3,11,12)/t8-/m0/s1. The molecule has 2 heteroatoms. The van der Waals surface area contributed by atoms with Crippen LogP contribution in [0, 0.1) is 16.7 Å². The molecule has 2 rings (SSSR count). The van der Waals surface area contributed by atoms with Gasteiger partial charge in [-0.25, -0.2) is 0 Å². The number of amidine groups is 1. The van der Waals surface area contributed by atoms with Gasteiger partial charge in [-0.05, 0) is 31.1 Å². The average Bonchev–Trinajstić information content (AvgIpc) is 2.80. The van der Waals surface area contributed by atoms with Crippen LogP contribution in [0.2, 0.25) is 0 Å². The summed E-state index contributed by atoms with van der Waals surface area (Å²) in [6.45, 7) is 0. The summed E-state index contributed by atoms with van der Waals surface area (Å²) in [5.41, 5.74) is 6.14. The molecule has 12 heavy (non-hydrogen) atoms. The molecule has 0 unspecified atom stereocenters. The van der Waals surface area contributed by atoms with Crippen LogP contribution in [-0.2, 0) is 0 Å². The molecule has 0 saturated heterocycles. The highest BCUT2D eigenvalue weighted by Gasteiger charge is 2.50. The Morgan fingerprint density at radius 3 is 2.50 bits per heavy atom. The van der Waals surface area contributed by atoms with E-state index in [4.69, 9.17) is 11.1 Å². The highest BCUT2D eigenvalue weighted by molar-refractivity contribution is 5.80. The molecule has 0 bridgehead atoms. The van der Waals surface area contributed by atoms with Gasteiger partial charge in [-0.2, -0.15) is 0 Å². The Morgan fingerprint density at radius 2 is 1.92 bits per heavy atom. The molecule has 2 nitrogen and oxygen atoms in total. The molecular weight excluding hydrogens is 148 g/mol. The normalized spacial score (nSPS) is 32.8. The zero-order chi connectivity index (χ0) is 8.60. The topological polar surface area (TPSA) is 49.9 Å². The van der Waals surface area contributed by atoms with E-state index in [1.165, 1.54) is 44.9 Å². The van der Waals surface area contributed by atoms with Crippen molar-refractivity contribution in [3.8, 4) is 0 Å². The SMILES string of the molecule is N=C(N)[C@@H]1CCCCCC12CC2. The smallest absolute Gasteiger partial charge is 0.0942 e. The molecule has 3 N–H and O–H groups in total. The highest BCUT2D eigenvalue weighted by Crippen LogP contribution is 2.58. The van der Waals surface area contributed by atoms with Crippen molar-refractivity contribution in [3.63, 3.8) is 0 Å². The van der Waals surface area contributed by atoms with Gasteiger partial charge in [0, 0.05) is 5.92 Å². The molecule has 2 saturated carbocycles. The average molecular weight is 166 g/mol. The van der Waals surface area contributed by atoms with E-state index in [0.717, 1.165) is 0 Å². The first-order valence-corrected chi connectivity index (χ1v) is 5.08. The van der Waals surface area contributed by atoms with Crippen LogP contribution >= 0.6 is 0 Å². The predicted octanol–water partition coefficient (Wildman–Crippen LogP) is 2.28. The second-order valence-corrected chi connectivity index (χ2v) is 4.47. The molecule has 0 amide bonds. The lowest BCUT2D eigenvalue weighted by atomic mass is 9.84. The summed E-state index contributed by atoms with van der Waals surface area (Å²) in [5.74, 6) is 0.884. The van der Waals surface area contributed by atoms with Crippen molar-refractivity contribution in [3.05, 3.63) is 0 Å². The van der Waals surface area contributed by atoms with Crippen molar-refractivity contribution in [2.24, 2.45) is 17.1 Å². The van der Waals surface area contributed by atoms with Crippen LogP contribution in [-0.4, -0.2) is 5.84 Å². The summed E-state index contributed by atoms with van der Waals surface area (Å²) in [5, 5.41) is 7.56. The Bertz CT molecular complexity index is 194. The van der Waals surface area contributed by atoms with Gasteiger partial charge >= 0.3 is 0 Å². The first kappa shape index (κ1) is 8.09. The molecular formula is C10H18N2. The summed E-state index contributed by atoms with van der Waals surface area (Å²) in [6, 6.07) is 0. The molecule has 2 aliphatic carbocycles. The Kier molecular flexibility index (Phi) is 1.85. The van der Waals surface area contributed by atoms with E-state index >= 15 is 0 Å². The fourth-order valence-electron chi connectivity index (χ4n) is 2.73. The number of nitrogens with two attached hydrogens (primary N) is 1. The third-order valence-electron chi connectivity index (χ3n) is 3.67. The van der Waals surface area contributed by atoms with Crippen LogP contribution in [0.1, 0.15) is 44.9 Å². The lowest BCUT2D eigenvalue weighted by Gasteiger charge is -2.22. The zero-order valence-corrected chi connectivity index (χ0v) is 7.60. The molecule has 1 spiro atoms. The Hall–Kier alpha value is -0.530. The van der Waals surface area contributed by atoms with Gasteiger partial charge in [0.1, 0.15) is 0 Å². The van der Waals surface area contributed by atoms with Crippen LogP contribution in [0.4, 0.5) is 0 Å². The molecule has 0 aliphatic heterocycles. The molecule has 0 radical (unpaired) electrons. The van der Waals surface area contributed by atoms with Crippen LogP contribution in [0.15, 0.2) is 0 Å². The van der Waals surface area contributed by atoms with Crippen molar-refractivity contribution in [1.29, 1.82) is 5.41 Å². The summed E-state index contributed by atoms with van der Waals surface area (Å²) < 4.78 is 0. The maximum absolute atomic E-state index is 7.56. The second-order valence-electron chi connectivity index (χ2n) is 4.47. The van der Waals surface area contributed by atoms with Gasteiger partial charge < -0.3 is 5.73 Å².